The van der Waals surface area contributed by atoms with Crippen LogP contribution in [0.25, 0.3) is 5.82 Å². The van der Waals surface area contributed by atoms with Crippen LogP contribution in [0, 0.1) is 20.8 Å². The molecule has 0 fully saturated rings. The van der Waals surface area contributed by atoms with E-state index < -0.39 is 5.60 Å². The maximum Gasteiger partial charge on any atom is 0.191 e. The zero-order valence-corrected chi connectivity index (χ0v) is 21.0. The maximum absolute atomic E-state index is 10.9. The number of hydrogen-bond donors (Lipinski definition) is 3. The van der Waals surface area contributed by atoms with Crippen molar-refractivity contribution in [1.82, 2.24) is 25.2 Å². The minimum Gasteiger partial charge on any atom is -0.466 e. The number of imidazole rings is 1. The average Bonchev–Trinajstić information content (AvgIpc) is 3.29. The number of hydrogen-bond acceptors (Lipinski definition) is 5. The molecule has 0 amide bonds. The predicted octanol–water partition coefficient (Wildman–Crippen LogP) is 3.37. The molecule has 0 aliphatic carbocycles. The summed E-state index contributed by atoms with van der Waals surface area (Å²) in [6.45, 7) is 10.9. The van der Waals surface area contributed by atoms with Crippen molar-refractivity contribution in [3.8, 4) is 5.82 Å². The van der Waals surface area contributed by atoms with Crippen molar-refractivity contribution in [1.29, 1.82) is 0 Å². The van der Waals surface area contributed by atoms with E-state index in [9.17, 15) is 5.11 Å². The van der Waals surface area contributed by atoms with Gasteiger partial charge in [-0.05, 0) is 52.3 Å². The van der Waals surface area contributed by atoms with Gasteiger partial charge < -0.3 is 20.2 Å². The van der Waals surface area contributed by atoms with Crippen LogP contribution in [0.5, 0.6) is 0 Å². The quantitative estimate of drug-likeness (QED) is 0.242. The molecular weight excluding hydrogens is 507 g/mol. The number of furan rings is 1. The van der Waals surface area contributed by atoms with E-state index in [4.69, 9.17) is 4.42 Å². The van der Waals surface area contributed by atoms with Gasteiger partial charge in [0.1, 0.15) is 28.8 Å². The summed E-state index contributed by atoms with van der Waals surface area (Å²) in [5, 5.41) is 17.3. The number of aliphatic hydroxyl groups is 1. The molecule has 0 aliphatic heterocycles. The Balaban J connectivity index is 0.00000341. The van der Waals surface area contributed by atoms with Crippen molar-refractivity contribution in [2.24, 2.45) is 4.99 Å². The van der Waals surface area contributed by atoms with Gasteiger partial charge in [0, 0.05) is 30.7 Å². The third kappa shape index (κ3) is 6.30. The lowest BCUT2D eigenvalue weighted by atomic mass is 9.96. The Hall–Kier alpha value is -2.40. The highest BCUT2D eigenvalue weighted by atomic mass is 127. The summed E-state index contributed by atoms with van der Waals surface area (Å²) in [6, 6.07) is 5.83. The van der Waals surface area contributed by atoms with Crippen molar-refractivity contribution in [3.05, 3.63) is 65.3 Å². The number of nitrogens with one attached hydrogen (secondary N) is 2. The second kappa shape index (κ2) is 10.8. The lowest BCUT2D eigenvalue weighted by Gasteiger charge is -2.24. The molecule has 3 aromatic rings. The standard InChI is InChI=1S/C22H30N6O2.HI/c1-6-23-21(27-14-22(5,29)19-11-15(2)30-16(19)3)26-13-18-7-8-20(25-12-18)28-10-9-24-17(28)4;/h7-12,29H,6,13-14H2,1-5H3,(H2,23,26,27);1H. The number of rotatable bonds is 7. The molecule has 3 rings (SSSR count). The molecule has 3 aromatic heterocycles. The highest BCUT2D eigenvalue weighted by Gasteiger charge is 2.27. The number of aliphatic imine (C=N–C) groups is 1. The number of aromatic nitrogens is 3. The Labute approximate surface area is 200 Å². The molecular formula is C22H31IN6O2. The lowest BCUT2D eigenvalue weighted by molar-refractivity contribution is 0.0601. The smallest absolute Gasteiger partial charge is 0.191 e. The van der Waals surface area contributed by atoms with Crippen LogP contribution in [-0.4, -0.2) is 38.7 Å². The zero-order chi connectivity index (χ0) is 21.7. The van der Waals surface area contributed by atoms with Gasteiger partial charge in [0.05, 0.1) is 13.1 Å². The van der Waals surface area contributed by atoms with Gasteiger partial charge in [-0.2, -0.15) is 0 Å². The molecule has 0 bridgehead atoms. The van der Waals surface area contributed by atoms with Gasteiger partial charge in [-0.1, -0.05) is 6.07 Å². The summed E-state index contributed by atoms with van der Waals surface area (Å²) < 4.78 is 7.49. The van der Waals surface area contributed by atoms with Crippen LogP contribution in [0.4, 0.5) is 0 Å². The number of pyridine rings is 1. The van der Waals surface area contributed by atoms with Gasteiger partial charge in [0.25, 0.3) is 0 Å². The number of guanidine groups is 1. The molecule has 0 saturated heterocycles. The summed E-state index contributed by atoms with van der Waals surface area (Å²) in [5.74, 6) is 3.85. The molecule has 1 unspecified atom stereocenters. The predicted molar refractivity (Wildman–Crippen MR) is 132 cm³/mol. The Kier molecular flexibility index (Phi) is 8.63. The number of nitrogens with zero attached hydrogens (tertiary/aromatic N) is 4. The average molecular weight is 538 g/mol. The Morgan fingerprint density at radius 1 is 1.23 bits per heavy atom. The SMILES string of the molecule is CCNC(=NCc1ccc(-n2ccnc2C)nc1)NCC(C)(O)c1cc(C)oc1C.I. The van der Waals surface area contributed by atoms with E-state index in [1.807, 2.05) is 62.9 Å². The second-order valence-corrected chi connectivity index (χ2v) is 7.52. The Morgan fingerprint density at radius 2 is 2.00 bits per heavy atom. The Bertz CT molecular complexity index is 1010. The van der Waals surface area contributed by atoms with Crippen molar-refractivity contribution < 1.29 is 9.52 Å². The van der Waals surface area contributed by atoms with Gasteiger partial charge >= 0.3 is 0 Å². The number of aryl methyl sites for hydroxylation is 3. The minimum atomic E-state index is -1.08. The van der Waals surface area contributed by atoms with Crippen molar-refractivity contribution in [2.75, 3.05) is 13.1 Å². The van der Waals surface area contributed by atoms with E-state index in [-0.39, 0.29) is 24.0 Å². The molecule has 3 heterocycles. The first-order valence-electron chi connectivity index (χ1n) is 10.1. The monoisotopic (exact) mass is 538 g/mol. The first-order valence-corrected chi connectivity index (χ1v) is 10.1. The van der Waals surface area contributed by atoms with Crippen molar-refractivity contribution in [2.45, 2.75) is 46.8 Å². The lowest BCUT2D eigenvalue weighted by Crippen LogP contribution is -2.44. The van der Waals surface area contributed by atoms with Crippen LogP contribution in [0.15, 0.2) is 46.2 Å². The fraction of sp³-hybridized carbons (Fsp3) is 0.409. The van der Waals surface area contributed by atoms with Gasteiger partial charge in [-0.3, -0.25) is 4.57 Å². The van der Waals surface area contributed by atoms with Gasteiger partial charge in [0.2, 0.25) is 0 Å². The van der Waals surface area contributed by atoms with Crippen LogP contribution >= 0.6 is 24.0 Å². The molecule has 3 N–H and O–H groups in total. The molecule has 0 aliphatic rings. The largest absolute Gasteiger partial charge is 0.466 e. The highest BCUT2D eigenvalue weighted by molar-refractivity contribution is 14.0. The van der Waals surface area contributed by atoms with E-state index in [0.717, 1.165) is 40.8 Å². The molecule has 31 heavy (non-hydrogen) atoms. The fourth-order valence-electron chi connectivity index (χ4n) is 3.30. The normalized spacial score (nSPS) is 13.4. The molecule has 168 valence electrons. The number of halogens is 1. The molecule has 0 spiro atoms. The van der Waals surface area contributed by atoms with Gasteiger partial charge in [-0.15, -0.1) is 24.0 Å². The summed E-state index contributed by atoms with van der Waals surface area (Å²) in [5.41, 5.74) is 0.684. The fourth-order valence-corrected chi connectivity index (χ4v) is 3.30. The van der Waals surface area contributed by atoms with Crippen LogP contribution < -0.4 is 10.6 Å². The minimum absolute atomic E-state index is 0. The van der Waals surface area contributed by atoms with E-state index in [0.29, 0.717) is 19.0 Å². The molecule has 0 radical (unpaired) electrons. The van der Waals surface area contributed by atoms with Gasteiger partial charge in [-0.25, -0.2) is 15.0 Å². The van der Waals surface area contributed by atoms with E-state index in [2.05, 4.69) is 25.6 Å². The topological polar surface area (TPSA) is 100 Å². The first kappa shape index (κ1) is 24.9. The van der Waals surface area contributed by atoms with E-state index >= 15 is 0 Å². The Morgan fingerprint density at radius 3 is 2.55 bits per heavy atom. The van der Waals surface area contributed by atoms with Crippen LogP contribution in [0.1, 0.15) is 42.3 Å². The second-order valence-electron chi connectivity index (χ2n) is 7.52. The summed E-state index contributed by atoms with van der Waals surface area (Å²) >= 11 is 0. The van der Waals surface area contributed by atoms with Crippen LogP contribution in [0.3, 0.4) is 0 Å². The van der Waals surface area contributed by atoms with Crippen molar-refractivity contribution in [3.63, 3.8) is 0 Å². The molecule has 0 saturated carbocycles. The third-order valence-electron chi connectivity index (χ3n) is 4.87. The maximum atomic E-state index is 10.9. The highest BCUT2D eigenvalue weighted by Crippen LogP contribution is 2.26. The molecule has 1 atom stereocenters. The third-order valence-corrected chi connectivity index (χ3v) is 4.87. The summed E-state index contributed by atoms with van der Waals surface area (Å²) in [7, 11) is 0. The van der Waals surface area contributed by atoms with Gasteiger partial charge in [0.15, 0.2) is 5.96 Å². The van der Waals surface area contributed by atoms with Crippen LogP contribution in [-0.2, 0) is 12.1 Å². The molecule has 9 heteroatoms. The summed E-state index contributed by atoms with van der Waals surface area (Å²) in [4.78, 5) is 13.3. The summed E-state index contributed by atoms with van der Waals surface area (Å²) in [6.07, 6.45) is 5.46. The van der Waals surface area contributed by atoms with Crippen LogP contribution in [0.2, 0.25) is 0 Å². The molecule has 0 aromatic carbocycles. The first-order chi connectivity index (χ1) is 14.3. The van der Waals surface area contributed by atoms with Crippen molar-refractivity contribution >= 4 is 29.9 Å². The zero-order valence-electron chi connectivity index (χ0n) is 18.6. The van der Waals surface area contributed by atoms with E-state index in [1.165, 1.54) is 0 Å². The van der Waals surface area contributed by atoms with E-state index in [1.54, 1.807) is 13.1 Å². The molecule has 8 nitrogen and oxygen atoms in total.